The fourth-order valence-electron chi connectivity index (χ4n) is 3.45. The first-order chi connectivity index (χ1) is 14.5. The van der Waals surface area contributed by atoms with Crippen LogP contribution in [0, 0.1) is 5.41 Å². The van der Waals surface area contributed by atoms with Gasteiger partial charge in [-0.1, -0.05) is 6.08 Å². The Balaban J connectivity index is 0.000000423. The third-order valence-corrected chi connectivity index (χ3v) is 5.17. The fourth-order valence-corrected chi connectivity index (χ4v) is 3.45. The van der Waals surface area contributed by atoms with Crippen molar-refractivity contribution in [1.82, 2.24) is 4.90 Å². The van der Waals surface area contributed by atoms with Gasteiger partial charge in [0.05, 0.1) is 12.5 Å². The summed E-state index contributed by atoms with van der Waals surface area (Å²) < 4.78 is 48.0. The van der Waals surface area contributed by atoms with Crippen LogP contribution in [0.2, 0.25) is 0 Å². The normalized spacial score (nSPS) is 17.3. The smallest absolute Gasteiger partial charge is 0.490 e. The monoisotopic (exact) mass is 447 g/mol. The number of likely N-dealkylation sites (tertiary alicyclic amines) is 1. The van der Waals surface area contributed by atoms with Gasteiger partial charge in [0.2, 0.25) is 12.5 Å². The minimum absolute atomic E-state index is 0.210. The van der Waals surface area contributed by atoms with Crippen LogP contribution >= 0.6 is 0 Å². The van der Waals surface area contributed by atoms with Gasteiger partial charge in [-0.15, -0.1) is 6.58 Å². The van der Waals surface area contributed by atoms with Crippen molar-refractivity contribution in [2.45, 2.75) is 32.0 Å². The van der Waals surface area contributed by atoms with Gasteiger partial charge in [-0.25, -0.2) is 4.79 Å². The predicted molar refractivity (Wildman–Crippen MR) is 102 cm³/mol. The van der Waals surface area contributed by atoms with Crippen molar-refractivity contribution in [1.29, 1.82) is 0 Å². The maximum absolute atomic E-state index is 11.6. The second kappa shape index (κ2) is 9.90. The van der Waals surface area contributed by atoms with E-state index < -0.39 is 23.5 Å². The number of piperidine rings is 1. The van der Waals surface area contributed by atoms with E-state index in [1.165, 1.54) is 0 Å². The van der Waals surface area contributed by atoms with Crippen LogP contribution in [0.5, 0.6) is 17.2 Å². The number of benzene rings is 1. The molecule has 1 fully saturated rings. The van der Waals surface area contributed by atoms with Crippen molar-refractivity contribution in [3.8, 4) is 17.2 Å². The molecule has 11 heteroatoms. The van der Waals surface area contributed by atoms with Crippen LogP contribution in [-0.4, -0.2) is 60.2 Å². The molecule has 0 spiro atoms. The van der Waals surface area contributed by atoms with Crippen LogP contribution in [0.25, 0.3) is 0 Å². The number of carboxylic acids is 2. The summed E-state index contributed by atoms with van der Waals surface area (Å²) in [5.74, 6) is -1.45. The summed E-state index contributed by atoms with van der Waals surface area (Å²) in [4.78, 5) is 22.8. The van der Waals surface area contributed by atoms with Crippen molar-refractivity contribution in [2.75, 3.05) is 27.0 Å². The molecule has 0 atom stereocenters. The number of halogens is 3. The first kappa shape index (κ1) is 24.3. The average Bonchev–Trinajstić information content (AvgIpc) is 3.17. The van der Waals surface area contributed by atoms with Crippen LogP contribution in [0.4, 0.5) is 13.2 Å². The molecule has 8 nitrogen and oxygen atoms in total. The maximum atomic E-state index is 11.6. The van der Waals surface area contributed by atoms with Gasteiger partial charge < -0.3 is 24.4 Å². The number of ether oxygens (including phenoxy) is 3. The minimum atomic E-state index is -5.08. The van der Waals surface area contributed by atoms with Crippen molar-refractivity contribution in [3.05, 3.63) is 30.4 Å². The maximum Gasteiger partial charge on any atom is 0.490 e. The van der Waals surface area contributed by atoms with Crippen molar-refractivity contribution >= 4 is 11.9 Å². The summed E-state index contributed by atoms with van der Waals surface area (Å²) in [6.45, 7) is 6.14. The van der Waals surface area contributed by atoms with Gasteiger partial charge in [0.25, 0.3) is 0 Å². The van der Waals surface area contributed by atoms with E-state index in [0.717, 1.165) is 25.2 Å². The van der Waals surface area contributed by atoms with E-state index in [0.29, 0.717) is 36.5 Å². The molecule has 3 rings (SSSR count). The van der Waals surface area contributed by atoms with Crippen molar-refractivity contribution < 1.29 is 47.2 Å². The van der Waals surface area contributed by atoms with E-state index in [4.69, 9.17) is 24.1 Å². The van der Waals surface area contributed by atoms with Crippen LogP contribution in [0.1, 0.15) is 24.8 Å². The van der Waals surface area contributed by atoms with Gasteiger partial charge in [0.15, 0.2) is 11.5 Å². The lowest BCUT2D eigenvalue weighted by atomic mass is 9.75. The van der Waals surface area contributed by atoms with Gasteiger partial charge in [0, 0.05) is 6.54 Å². The number of rotatable bonds is 6. The van der Waals surface area contributed by atoms with E-state index in [2.05, 4.69) is 11.5 Å². The van der Waals surface area contributed by atoms with E-state index in [9.17, 15) is 23.1 Å². The Hall–Kier alpha value is -2.95. The number of allylic oxidation sites excluding steroid dienone is 1. The van der Waals surface area contributed by atoms with Crippen LogP contribution in [0.15, 0.2) is 24.8 Å². The predicted octanol–water partition coefficient (Wildman–Crippen LogP) is 3.30. The van der Waals surface area contributed by atoms with Gasteiger partial charge in [-0.2, -0.15) is 13.2 Å². The van der Waals surface area contributed by atoms with Crippen LogP contribution in [-0.2, 0) is 16.1 Å². The van der Waals surface area contributed by atoms with E-state index >= 15 is 0 Å². The Labute approximate surface area is 176 Å². The number of nitrogens with zero attached hydrogens (tertiary/aromatic N) is 1. The second-order valence-corrected chi connectivity index (χ2v) is 7.19. The zero-order valence-corrected chi connectivity index (χ0v) is 16.9. The molecule has 0 aliphatic carbocycles. The molecule has 2 heterocycles. The number of aliphatic carboxylic acids is 2. The lowest BCUT2D eigenvalue weighted by molar-refractivity contribution is -0.192. The highest BCUT2D eigenvalue weighted by Gasteiger charge is 2.40. The zero-order chi connectivity index (χ0) is 23.2. The SMILES string of the molecule is C=CCC1(C(=O)O)CCN(Cc2cc(OC)c3c(c2)OCO3)CC1.O=C(O)C(F)(F)F. The Kier molecular flexibility index (Phi) is 7.77. The summed E-state index contributed by atoms with van der Waals surface area (Å²) in [6.07, 6.45) is -1.58. The number of hydrogen-bond acceptors (Lipinski definition) is 6. The third-order valence-electron chi connectivity index (χ3n) is 5.17. The standard InChI is InChI=1S/C18H23NO5.C2HF3O2/c1-3-4-18(17(20)21)5-7-19(8-6-18)11-13-9-14(22-2)16-15(10-13)23-12-24-16;3-2(4,5)1(6)7/h3,9-10H,1,4-8,11-12H2,2H3,(H,20,21);(H,6,7). The van der Waals surface area contributed by atoms with Gasteiger partial charge in [-0.3, -0.25) is 9.69 Å². The highest BCUT2D eigenvalue weighted by molar-refractivity contribution is 5.75. The first-order valence-corrected chi connectivity index (χ1v) is 9.35. The minimum Gasteiger partial charge on any atom is -0.493 e. The molecule has 1 aromatic rings. The summed E-state index contributed by atoms with van der Waals surface area (Å²) in [7, 11) is 1.61. The molecule has 2 N–H and O–H groups in total. The lowest BCUT2D eigenvalue weighted by Crippen LogP contribution is -2.43. The number of fused-ring (bicyclic) bond motifs is 1. The second-order valence-electron chi connectivity index (χ2n) is 7.19. The van der Waals surface area contributed by atoms with E-state index in [-0.39, 0.29) is 6.79 Å². The molecular formula is C20H24F3NO7. The number of methoxy groups -OCH3 is 1. The quantitative estimate of drug-likeness (QED) is 0.640. The summed E-state index contributed by atoms with van der Waals surface area (Å²) in [5, 5.41) is 16.7. The molecule has 0 saturated carbocycles. The molecule has 0 unspecified atom stereocenters. The largest absolute Gasteiger partial charge is 0.493 e. The highest BCUT2D eigenvalue weighted by atomic mass is 19.4. The van der Waals surface area contributed by atoms with E-state index in [1.54, 1.807) is 13.2 Å². The molecule has 0 amide bonds. The van der Waals surface area contributed by atoms with Gasteiger partial charge >= 0.3 is 18.1 Å². The molecule has 2 aliphatic heterocycles. The highest BCUT2D eigenvalue weighted by Crippen LogP contribution is 2.42. The molecule has 172 valence electrons. The average molecular weight is 447 g/mol. The van der Waals surface area contributed by atoms with E-state index in [1.807, 2.05) is 12.1 Å². The number of carbonyl (C=O) groups is 2. The van der Waals surface area contributed by atoms with Crippen LogP contribution in [0.3, 0.4) is 0 Å². The molecule has 2 aliphatic rings. The van der Waals surface area contributed by atoms with Crippen molar-refractivity contribution in [2.24, 2.45) is 5.41 Å². The molecule has 0 radical (unpaired) electrons. The summed E-state index contributed by atoms with van der Waals surface area (Å²) in [6, 6.07) is 3.92. The third kappa shape index (κ3) is 6.03. The molecular weight excluding hydrogens is 423 g/mol. The van der Waals surface area contributed by atoms with Gasteiger partial charge in [-0.05, 0) is 50.0 Å². The summed E-state index contributed by atoms with van der Waals surface area (Å²) >= 11 is 0. The molecule has 31 heavy (non-hydrogen) atoms. The first-order valence-electron chi connectivity index (χ1n) is 9.35. The Bertz CT molecular complexity index is 818. The van der Waals surface area contributed by atoms with Crippen molar-refractivity contribution in [3.63, 3.8) is 0 Å². The number of alkyl halides is 3. The fraction of sp³-hybridized carbons (Fsp3) is 0.500. The number of hydrogen-bond donors (Lipinski definition) is 2. The number of carboxylic acid groups (broad SMARTS) is 2. The Morgan fingerprint density at radius 2 is 1.87 bits per heavy atom. The molecule has 0 aromatic heterocycles. The molecule has 0 bridgehead atoms. The van der Waals surface area contributed by atoms with Crippen LogP contribution < -0.4 is 14.2 Å². The Morgan fingerprint density at radius 3 is 2.35 bits per heavy atom. The summed E-state index contributed by atoms with van der Waals surface area (Å²) in [5.41, 5.74) is 0.410. The Morgan fingerprint density at radius 1 is 1.26 bits per heavy atom. The molecule has 1 saturated heterocycles. The lowest BCUT2D eigenvalue weighted by Gasteiger charge is -2.38. The van der Waals surface area contributed by atoms with Gasteiger partial charge in [0.1, 0.15) is 0 Å². The topological polar surface area (TPSA) is 106 Å². The molecule has 1 aromatic carbocycles. The zero-order valence-electron chi connectivity index (χ0n) is 16.9.